The van der Waals surface area contributed by atoms with Crippen LogP contribution >= 0.6 is 11.6 Å². The van der Waals surface area contributed by atoms with E-state index < -0.39 is 0 Å². The van der Waals surface area contributed by atoms with Crippen molar-refractivity contribution in [2.24, 2.45) is 0 Å². The second-order valence-corrected chi connectivity index (χ2v) is 5.47. The maximum atomic E-state index is 9.10. The lowest BCUT2D eigenvalue weighted by atomic mass is 10.2. The number of rotatable bonds is 3. The van der Waals surface area contributed by atoms with Crippen LogP contribution < -0.4 is 5.32 Å². The monoisotopic (exact) mass is 344 g/mol. The van der Waals surface area contributed by atoms with Crippen molar-refractivity contribution in [3.63, 3.8) is 0 Å². The van der Waals surface area contributed by atoms with Crippen LogP contribution in [0.2, 0.25) is 5.02 Å². The maximum absolute atomic E-state index is 9.10. The third-order valence-corrected chi connectivity index (χ3v) is 3.71. The number of allylic oxidation sites excluding steroid dienone is 2. The minimum Gasteiger partial charge on any atom is -0.345 e. The van der Waals surface area contributed by atoms with Crippen LogP contribution in [0.25, 0.3) is 22.4 Å². The van der Waals surface area contributed by atoms with E-state index in [0.717, 1.165) is 16.6 Å². The number of aromatic nitrogens is 2. The van der Waals surface area contributed by atoms with Gasteiger partial charge in [0.15, 0.2) is 5.57 Å². The highest BCUT2D eigenvalue weighted by Gasteiger charge is 2.09. The van der Waals surface area contributed by atoms with E-state index in [0.29, 0.717) is 16.5 Å². The van der Waals surface area contributed by atoms with Gasteiger partial charge in [0.05, 0.1) is 11.0 Å². The molecule has 2 N–H and O–H groups in total. The van der Waals surface area contributed by atoms with Crippen LogP contribution in [0.3, 0.4) is 0 Å². The summed E-state index contributed by atoms with van der Waals surface area (Å²) in [5, 5.41) is 30.3. The molecule has 0 spiro atoms. The van der Waals surface area contributed by atoms with E-state index in [1.54, 1.807) is 42.5 Å². The maximum Gasteiger partial charge on any atom is 0.163 e. The van der Waals surface area contributed by atoms with Crippen LogP contribution in [0.5, 0.6) is 0 Å². The summed E-state index contributed by atoms with van der Waals surface area (Å²) in [6.45, 7) is 0. The number of hydrogen-bond donors (Lipinski definition) is 2. The molecule has 0 saturated heterocycles. The Kier molecular flexibility index (Phi) is 4.35. The largest absolute Gasteiger partial charge is 0.345 e. The van der Waals surface area contributed by atoms with Gasteiger partial charge in [-0.3, -0.25) is 0 Å². The first-order valence-corrected chi connectivity index (χ1v) is 7.49. The molecule has 0 amide bonds. The van der Waals surface area contributed by atoms with Crippen molar-refractivity contribution >= 4 is 28.3 Å². The highest BCUT2D eigenvalue weighted by atomic mass is 35.5. The molecule has 2 aromatic carbocycles. The Balaban J connectivity index is 1.98. The fourth-order valence-electron chi connectivity index (χ4n) is 2.26. The van der Waals surface area contributed by atoms with Gasteiger partial charge in [-0.05, 0) is 42.5 Å². The first-order chi connectivity index (χ1) is 12.1. The highest BCUT2D eigenvalue weighted by Crippen LogP contribution is 2.24. The molecule has 3 aromatic rings. The zero-order valence-electron chi connectivity index (χ0n) is 12.7. The van der Waals surface area contributed by atoms with Crippen molar-refractivity contribution in [1.29, 1.82) is 15.8 Å². The van der Waals surface area contributed by atoms with Gasteiger partial charge in [-0.1, -0.05) is 11.6 Å². The second-order valence-electron chi connectivity index (χ2n) is 5.03. The number of nitriles is 3. The molecule has 3 rings (SSSR count). The number of imidazole rings is 1. The summed E-state index contributed by atoms with van der Waals surface area (Å²) in [5.41, 5.74) is 2.60. The normalized spacial score (nSPS) is 9.68. The number of aromatic amines is 1. The molecule has 25 heavy (non-hydrogen) atoms. The Morgan fingerprint density at radius 2 is 1.72 bits per heavy atom. The number of anilines is 1. The zero-order chi connectivity index (χ0) is 17.8. The summed E-state index contributed by atoms with van der Waals surface area (Å²) >= 11 is 5.89. The molecule has 0 bridgehead atoms. The predicted octanol–water partition coefficient (Wildman–Crippen LogP) is 4.12. The van der Waals surface area contributed by atoms with E-state index in [1.165, 1.54) is 0 Å². The van der Waals surface area contributed by atoms with Gasteiger partial charge in [-0.2, -0.15) is 15.8 Å². The summed E-state index contributed by atoms with van der Waals surface area (Å²) in [6.07, 6.45) is 0. The van der Waals surface area contributed by atoms with Crippen LogP contribution in [0, 0.1) is 34.0 Å². The molecule has 0 aliphatic rings. The number of nitrogens with zero attached hydrogens (tertiary/aromatic N) is 4. The second kappa shape index (κ2) is 6.76. The van der Waals surface area contributed by atoms with Gasteiger partial charge in [0.2, 0.25) is 0 Å². The number of hydrogen-bond acceptors (Lipinski definition) is 5. The summed E-state index contributed by atoms with van der Waals surface area (Å²) < 4.78 is 0. The summed E-state index contributed by atoms with van der Waals surface area (Å²) in [5.74, 6) is 0.689. The molecular formula is C18H9ClN6. The smallest absolute Gasteiger partial charge is 0.163 e. The molecule has 0 fully saturated rings. The number of nitrogens with one attached hydrogen (secondary N) is 2. The summed E-state index contributed by atoms with van der Waals surface area (Å²) in [4.78, 5) is 7.71. The highest BCUT2D eigenvalue weighted by molar-refractivity contribution is 6.30. The van der Waals surface area contributed by atoms with E-state index in [9.17, 15) is 0 Å². The van der Waals surface area contributed by atoms with Gasteiger partial charge < -0.3 is 10.3 Å². The Morgan fingerprint density at radius 1 is 1.00 bits per heavy atom. The molecule has 1 aromatic heterocycles. The van der Waals surface area contributed by atoms with Crippen LogP contribution in [-0.4, -0.2) is 9.97 Å². The number of benzene rings is 2. The lowest BCUT2D eigenvalue weighted by molar-refractivity contribution is 1.34. The Morgan fingerprint density at radius 3 is 2.36 bits per heavy atom. The molecule has 118 valence electrons. The first kappa shape index (κ1) is 16.1. The molecule has 0 aliphatic heterocycles. The van der Waals surface area contributed by atoms with Gasteiger partial charge in [-0.15, -0.1) is 0 Å². The topological polar surface area (TPSA) is 112 Å². The minimum atomic E-state index is -0.269. The molecule has 0 atom stereocenters. The molecule has 0 aliphatic carbocycles. The Bertz CT molecular complexity index is 1090. The van der Waals surface area contributed by atoms with Crippen molar-refractivity contribution < 1.29 is 0 Å². The molecule has 1 heterocycles. The van der Waals surface area contributed by atoms with Crippen molar-refractivity contribution in [1.82, 2.24) is 9.97 Å². The Hall–Kier alpha value is -3.79. The third kappa shape index (κ3) is 3.28. The van der Waals surface area contributed by atoms with Crippen molar-refractivity contribution in [3.8, 4) is 29.6 Å². The molecule has 6 nitrogen and oxygen atoms in total. The fraction of sp³-hybridized carbons (Fsp3) is 0. The lowest BCUT2D eigenvalue weighted by Crippen LogP contribution is -2.00. The standard InChI is InChI=1S/C18H9ClN6/c19-13-3-1-11(2-4-13)18-24-15-6-5-14(7-16(15)25-18)23-17(10-22)12(8-20)9-21/h1-7,23H,(H,24,25). The third-order valence-electron chi connectivity index (χ3n) is 3.45. The molecule has 0 radical (unpaired) electrons. The summed E-state index contributed by atoms with van der Waals surface area (Å²) in [6, 6.07) is 17.8. The van der Waals surface area contributed by atoms with E-state index >= 15 is 0 Å². The average Bonchev–Trinajstić information content (AvgIpc) is 3.05. The van der Waals surface area contributed by atoms with Crippen LogP contribution in [-0.2, 0) is 0 Å². The predicted molar refractivity (Wildman–Crippen MR) is 94.0 cm³/mol. The fourth-order valence-corrected chi connectivity index (χ4v) is 2.39. The van der Waals surface area contributed by atoms with E-state index in [1.807, 2.05) is 18.2 Å². The van der Waals surface area contributed by atoms with E-state index in [2.05, 4.69) is 15.3 Å². The van der Waals surface area contributed by atoms with Gasteiger partial charge in [0.1, 0.15) is 29.7 Å². The first-order valence-electron chi connectivity index (χ1n) is 7.12. The van der Waals surface area contributed by atoms with Crippen molar-refractivity contribution in [2.45, 2.75) is 0 Å². The zero-order valence-corrected chi connectivity index (χ0v) is 13.5. The van der Waals surface area contributed by atoms with Crippen LogP contribution in [0.1, 0.15) is 0 Å². The van der Waals surface area contributed by atoms with Gasteiger partial charge >= 0.3 is 0 Å². The minimum absolute atomic E-state index is 0.0956. The van der Waals surface area contributed by atoms with Crippen molar-refractivity contribution in [3.05, 3.63) is 58.8 Å². The number of halogens is 1. The quantitative estimate of drug-likeness (QED) is 0.694. The van der Waals surface area contributed by atoms with Crippen LogP contribution in [0.15, 0.2) is 53.7 Å². The molecular weight excluding hydrogens is 336 g/mol. The lowest BCUT2D eigenvalue weighted by Gasteiger charge is -2.03. The van der Waals surface area contributed by atoms with Crippen LogP contribution in [0.4, 0.5) is 5.69 Å². The number of fused-ring (bicyclic) bond motifs is 1. The molecule has 7 heteroatoms. The SMILES string of the molecule is N#CC(C#N)=C(C#N)Nc1ccc2nc(-c3ccc(Cl)cc3)[nH]c2c1. The van der Waals surface area contributed by atoms with E-state index in [4.69, 9.17) is 27.4 Å². The average molecular weight is 345 g/mol. The molecule has 0 unspecified atom stereocenters. The van der Waals surface area contributed by atoms with Gasteiger partial charge in [0.25, 0.3) is 0 Å². The summed E-state index contributed by atoms with van der Waals surface area (Å²) in [7, 11) is 0. The van der Waals surface area contributed by atoms with E-state index in [-0.39, 0.29) is 11.3 Å². The van der Waals surface area contributed by atoms with Crippen molar-refractivity contribution in [2.75, 3.05) is 5.32 Å². The molecule has 0 saturated carbocycles. The van der Waals surface area contributed by atoms with Gasteiger partial charge in [0, 0.05) is 16.3 Å². The Labute approximate surface area is 148 Å². The van der Waals surface area contributed by atoms with Gasteiger partial charge in [-0.25, -0.2) is 4.98 Å². The number of H-pyrrole nitrogens is 1.